The molecule has 0 bridgehead atoms. The highest BCUT2D eigenvalue weighted by molar-refractivity contribution is 7.89. The van der Waals surface area contributed by atoms with Crippen molar-refractivity contribution in [1.29, 1.82) is 0 Å². The number of amides is 1. The van der Waals surface area contributed by atoms with Crippen molar-refractivity contribution < 1.29 is 22.0 Å². The van der Waals surface area contributed by atoms with E-state index >= 15 is 0 Å². The maximum absolute atomic E-state index is 14.6. The SMILES string of the molecule is O=C(NCc1cc(-c2cnc(C3CC3)nc2)ccc1F)[C@@H]1CCCN1S(=O)(=O)c1cc2ccccc2o1. The molecule has 1 N–H and O–H groups in total. The molecule has 1 amide bonds. The molecule has 0 radical (unpaired) electrons. The van der Waals surface area contributed by atoms with E-state index in [-0.39, 0.29) is 18.2 Å². The lowest BCUT2D eigenvalue weighted by molar-refractivity contribution is -0.124. The van der Waals surface area contributed by atoms with Crippen molar-refractivity contribution in [1.82, 2.24) is 19.6 Å². The Bertz CT molecular complexity index is 1550. The number of nitrogens with one attached hydrogen (secondary N) is 1. The van der Waals surface area contributed by atoms with Crippen LogP contribution < -0.4 is 5.32 Å². The van der Waals surface area contributed by atoms with Crippen LogP contribution in [0, 0.1) is 5.82 Å². The predicted octanol–water partition coefficient (Wildman–Crippen LogP) is 4.38. The summed E-state index contributed by atoms with van der Waals surface area (Å²) in [5, 5.41) is 3.20. The highest BCUT2D eigenvalue weighted by Crippen LogP contribution is 2.38. The van der Waals surface area contributed by atoms with Crippen LogP contribution >= 0.6 is 0 Å². The molecule has 1 saturated heterocycles. The van der Waals surface area contributed by atoms with Crippen LogP contribution in [0.2, 0.25) is 0 Å². The monoisotopic (exact) mass is 520 g/mol. The molecule has 1 saturated carbocycles. The minimum atomic E-state index is -4.02. The number of para-hydroxylation sites is 1. The van der Waals surface area contributed by atoms with Crippen LogP contribution in [-0.2, 0) is 21.4 Å². The summed E-state index contributed by atoms with van der Waals surface area (Å²) in [7, 11) is -4.02. The molecule has 37 heavy (non-hydrogen) atoms. The number of furan rings is 1. The van der Waals surface area contributed by atoms with Crippen molar-refractivity contribution in [2.45, 2.75) is 49.3 Å². The number of sulfonamides is 1. The molecule has 6 rings (SSSR count). The third-order valence-corrected chi connectivity index (χ3v) is 8.68. The van der Waals surface area contributed by atoms with Crippen molar-refractivity contribution >= 4 is 26.9 Å². The molecule has 2 fully saturated rings. The maximum atomic E-state index is 14.6. The first-order chi connectivity index (χ1) is 17.9. The fourth-order valence-corrected chi connectivity index (χ4v) is 6.33. The number of carbonyl (C=O) groups excluding carboxylic acids is 1. The summed E-state index contributed by atoms with van der Waals surface area (Å²) in [6, 6.07) is 12.2. The van der Waals surface area contributed by atoms with Crippen LogP contribution in [0.1, 0.15) is 43.0 Å². The van der Waals surface area contributed by atoms with E-state index in [0.717, 1.165) is 29.8 Å². The number of hydrogen-bond acceptors (Lipinski definition) is 6. The molecule has 8 nitrogen and oxygen atoms in total. The van der Waals surface area contributed by atoms with E-state index in [2.05, 4.69) is 15.3 Å². The molecule has 1 atom stereocenters. The predicted molar refractivity (Wildman–Crippen MR) is 134 cm³/mol. The van der Waals surface area contributed by atoms with E-state index in [1.165, 1.54) is 16.4 Å². The molecule has 4 aromatic rings. The summed E-state index contributed by atoms with van der Waals surface area (Å²) in [5.74, 6) is 0.341. The van der Waals surface area contributed by atoms with Crippen LogP contribution in [0.25, 0.3) is 22.1 Å². The Labute approximate surface area is 213 Å². The van der Waals surface area contributed by atoms with Crippen molar-refractivity contribution in [3.63, 3.8) is 0 Å². The zero-order valence-corrected chi connectivity index (χ0v) is 20.7. The molecule has 190 valence electrons. The Balaban J connectivity index is 1.17. The summed E-state index contributed by atoms with van der Waals surface area (Å²) in [5.41, 5.74) is 2.25. The van der Waals surface area contributed by atoms with Crippen LogP contribution in [0.4, 0.5) is 4.39 Å². The van der Waals surface area contributed by atoms with Crippen LogP contribution in [-0.4, -0.2) is 41.2 Å². The number of fused-ring (bicyclic) bond motifs is 1. The third-order valence-electron chi connectivity index (χ3n) is 6.92. The lowest BCUT2D eigenvalue weighted by Crippen LogP contribution is -2.45. The van der Waals surface area contributed by atoms with Gasteiger partial charge in [0.2, 0.25) is 11.0 Å². The minimum absolute atomic E-state index is 0.0749. The molecule has 2 aliphatic rings. The van der Waals surface area contributed by atoms with Gasteiger partial charge in [-0.15, -0.1) is 0 Å². The number of aromatic nitrogens is 2. The fraction of sp³-hybridized carbons (Fsp3) is 0.296. The second-order valence-corrected chi connectivity index (χ2v) is 11.3. The first-order valence-electron chi connectivity index (χ1n) is 12.3. The van der Waals surface area contributed by atoms with E-state index in [1.807, 2.05) is 0 Å². The van der Waals surface area contributed by atoms with Gasteiger partial charge in [-0.1, -0.05) is 24.3 Å². The van der Waals surface area contributed by atoms with Gasteiger partial charge >= 0.3 is 0 Å². The third kappa shape index (κ3) is 4.62. The Morgan fingerprint density at radius 2 is 1.84 bits per heavy atom. The Morgan fingerprint density at radius 1 is 1.05 bits per heavy atom. The van der Waals surface area contributed by atoms with Gasteiger partial charge in [0, 0.05) is 54.0 Å². The Kier molecular flexibility index (Phi) is 6.00. The van der Waals surface area contributed by atoms with Crippen molar-refractivity contribution in [2.24, 2.45) is 0 Å². The Hall–Kier alpha value is -3.63. The normalized spacial score (nSPS) is 18.4. The average molecular weight is 521 g/mol. The lowest BCUT2D eigenvalue weighted by Gasteiger charge is -2.22. The van der Waals surface area contributed by atoms with Crippen molar-refractivity contribution in [3.05, 3.63) is 78.1 Å². The first-order valence-corrected chi connectivity index (χ1v) is 13.7. The highest BCUT2D eigenvalue weighted by Gasteiger charge is 2.41. The number of hydrogen-bond donors (Lipinski definition) is 1. The lowest BCUT2D eigenvalue weighted by atomic mass is 10.0. The number of carbonyl (C=O) groups is 1. The first kappa shape index (κ1) is 23.7. The molecule has 10 heteroatoms. The zero-order valence-electron chi connectivity index (χ0n) is 19.9. The van der Waals surface area contributed by atoms with Gasteiger partial charge in [-0.25, -0.2) is 22.8 Å². The molecular formula is C27H25FN4O4S. The van der Waals surface area contributed by atoms with Gasteiger partial charge in [0.25, 0.3) is 10.0 Å². The topological polar surface area (TPSA) is 105 Å². The number of benzene rings is 2. The number of nitrogens with zero attached hydrogens (tertiary/aromatic N) is 3. The van der Waals surface area contributed by atoms with Gasteiger partial charge in [0.05, 0.1) is 0 Å². The summed E-state index contributed by atoms with van der Waals surface area (Å²) in [6.45, 7) is 0.132. The summed E-state index contributed by atoms with van der Waals surface area (Å²) < 4.78 is 47.9. The average Bonchev–Trinajstić information content (AvgIpc) is 3.45. The number of rotatable bonds is 7. The fourth-order valence-electron chi connectivity index (χ4n) is 4.72. The molecule has 0 unspecified atom stereocenters. The Morgan fingerprint density at radius 3 is 2.59 bits per heavy atom. The molecule has 1 aliphatic carbocycles. The summed E-state index contributed by atoms with van der Waals surface area (Å²) in [6.07, 6.45) is 6.59. The van der Waals surface area contributed by atoms with Gasteiger partial charge in [0.1, 0.15) is 23.3 Å². The second kappa shape index (κ2) is 9.35. The standard InChI is InChI=1S/C27H25FN4O4S/c28-22-10-9-18(21-15-29-26(30-16-21)17-7-8-17)12-20(22)14-31-27(33)23-5-3-11-32(23)37(34,35)25-13-19-4-1-2-6-24(19)36-25/h1-2,4,6,9-10,12-13,15-17,23H,3,5,7-8,11,14H2,(H,31,33)/t23-/m0/s1. The van der Waals surface area contributed by atoms with E-state index in [1.54, 1.807) is 48.8 Å². The second-order valence-electron chi connectivity index (χ2n) is 9.51. The van der Waals surface area contributed by atoms with E-state index in [9.17, 15) is 17.6 Å². The molecule has 2 aromatic carbocycles. The molecule has 0 spiro atoms. The highest BCUT2D eigenvalue weighted by atomic mass is 32.2. The van der Waals surface area contributed by atoms with Crippen molar-refractivity contribution in [2.75, 3.05) is 6.54 Å². The number of halogens is 1. The maximum Gasteiger partial charge on any atom is 0.277 e. The smallest absolute Gasteiger partial charge is 0.277 e. The van der Waals surface area contributed by atoms with Crippen molar-refractivity contribution in [3.8, 4) is 11.1 Å². The molecule has 3 heterocycles. The molecule has 2 aromatic heterocycles. The van der Waals surface area contributed by atoms with E-state index in [0.29, 0.717) is 35.3 Å². The summed E-state index contributed by atoms with van der Waals surface area (Å²) in [4.78, 5) is 21.9. The van der Waals surface area contributed by atoms with E-state index in [4.69, 9.17) is 4.42 Å². The van der Waals surface area contributed by atoms with Crippen LogP contribution in [0.3, 0.4) is 0 Å². The quantitative estimate of drug-likeness (QED) is 0.388. The van der Waals surface area contributed by atoms with Gasteiger partial charge in [-0.2, -0.15) is 4.31 Å². The molecule has 1 aliphatic heterocycles. The van der Waals surface area contributed by atoms with E-state index < -0.39 is 27.8 Å². The van der Waals surface area contributed by atoms with Crippen LogP contribution in [0.5, 0.6) is 0 Å². The van der Waals surface area contributed by atoms with Gasteiger partial charge in [-0.05, 0) is 49.4 Å². The van der Waals surface area contributed by atoms with Crippen LogP contribution in [0.15, 0.2) is 70.4 Å². The minimum Gasteiger partial charge on any atom is -0.443 e. The largest absolute Gasteiger partial charge is 0.443 e. The zero-order chi connectivity index (χ0) is 25.6. The summed E-state index contributed by atoms with van der Waals surface area (Å²) >= 11 is 0. The van der Waals surface area contributed by atoms with Gasteiger partial charge in [0.15, 0.2) is 0 Å². The van der Waals surface area contributed by atoms with Gasteiger partial charge in [-0.3, -0.25) is 4.79 Å². The van der Waals surface area contributed by atoms with Gasteiger partial charge < -0.3 is 9.73 Å². The molecular weight excluding hydrogens is 495 g/mol.